The van der Waals surface area contributed by atoms with Crippen molar-refractivity contribution in [3.05, 3.63) is 5.01 Å². The van der Waals surface area contributed by atoms with E-state index in [0.717, 1.165) is 17.8 Å². The van der Waals surface area contributed by atoms with Gasteiger partial charge in [0.2, 0.25) is 11.0 Å². The molecule has 23 heavy (non-hydrogen) atoms. The molecule has 0 aliphatic carbocycles. The number of carbonyl (C=O) groups excluding carboxylic acids is 2. The van der Waals surface area contributed by atoms with Crippen molar-refractivity contribution < 1.29 is 19.1 Å². The van der Waals surface area contributed by atoms with E-state index in [9.17, 15) is 9.59 Å². The number of anilines is 1. The Bertz CT molecular complexity index is 585. The van der Waals surface area contributed by atoms with E-state index < -0.39 is 5.60 Å². The van der Waals surface area contributed by atoms with Gasteiger partial charge in [-0.25, -0.2) is 4.79 Å². The van der Waals surface area contributed by atoms with Crippen LogP contribution in [0.1, 0.15) is 17.8 Å². The van der Waals surface area contributed by atoms with Gasteiger partial charge < -0.3 is 14.8 Å². The fourth-order valence-electron chi connectivity index (χ4n) is 2.75. The third-order valence-corrected chi connectivity index (χ3v) is 4.79. The minimum Gasteiger partial charge on any atom is -0.441 e. The van der Waals surface area contributed by atoms with Crippen molar-refractivity contribution in [1.82, 2.24) is 20.4 Å². The van der Waals surface area contributed by atoms with Crippen molar-refractivity contribution in [2.45, 2.75) is 25.0 Å². The number of likely N-dealkylation sites (tertiary alicyclic amines) is 1. The van der Waals surface area contributed by atoms with Crippen LogP contribution >= 0.6 is 11.3 Å². The topological polar surface area (TPSA) is 106 Å². The molecule has 3 heterocycles. The lowest BCUT2D eigenvalue weighted by Crippen LogP contribution is -2.48. The Morgan fingerprint density at radius 2 is 2.26 bits per heavy atom. The summed E-state index contributed by atoms with van der Waals surface area (Å²) in [5.41, 5.74) is -0.391. The van der Waals surface area contributed by atoms with Gasteiger partial charge in [0.25, 0.3) is 0 Å². The van der Waals surface area contributed by atoms with E-state index in [0.29, 0.717) is 31.4 Å². The second kappa shape index (κ2) is 6.77. The Morgan fingerprint density at radius 3 is 2.91 bits per heavy atom. The standard InChI is InChI=1S/C13H19N5O4S/c1-21-7-10-16-17-11(23-10)15-9(19)6-18-4-2-13(3-5-18)8-14-12(20)22-13/h2-8H2,1H3,(H,14,20)(H,15,17,19). The molecule has 0 radical (unpaired) electrons. The molecule has 2 fully saturated rings. The quantitative estimate of drug-likeness (QED) is 0.788. The van der Waals surface area contributed by atoms with Crippen LogP contribution in [0, 0.1) is 0 Å². The van der Waals surface area contributed by atoms with Gasteiger partial charge in [0.15, 0.2) is 0 Å². The van der Waals surface area contributed by atoms with Crippen LogP contribution in [0.4, 0.5) is 9.93 Å². The van der Waals surface area contributed by atoms with Crippen LogP contribution in [0.2, 0.25) is 0 Å². The van der Waals surface area contributed by atoms with Crippen LogP contribution in [0.3, 0.4) is 0 Å². The number of methoxy groups -OCH3 is 1. The average Bonchev–Trinajstić information content (AvgIpc) is 3.10. The molecule has 2 saturated heterocycles. The van der Waals surface area contributed by atoms with Crippen molar-refractivity contribution in [3.8, 4) is 0 Å². The molecule has 0 atom stereocenters. The summed E-state index contributed by atoms with van der Waals surface area (Å²) in [4.78, 5) is 25.3. The Kier molecular flexibility index (Phi) is 4.74. The van der Waals surface area contributed by atoms with Crippen LogP contribution in [0.5, 0.6) is 0 Å². The number of aromatic nitrogens is 2. The summed E-state index contributed by atoms with van der Waals surface area (Å²) >= 11 is 1.30. The van der Waals surface area contributed by atoms with Crippen LogP contribution in [0.15, 0.2) is 0 Å². The summed E-state index contributed by atoms with van der Waals surface area (Å²) in [7, 11) is 1.58. The van der Waals surface area contributed by atoms with Gasteiger partial charge in [-0.3, -0.25) is 15.0 Å². The zero-order valence-corrected chi connectivity index (χ0v) is 13.6. The SMILES string of the molecule is COCc1nnc(NC(=O)CN2CCC3(CC2)CNC(=O)O3)s1. The van der Waals surface area contributed by atoms with Gasteiger partial charge in [0.05, 0.1) is 13.1 Å². The number of nitrogens with one attached hydrogen (secondary N) is 2. The van der Waals surface area contributed by atoms with Gasteiger partial charge >= 0.3 is 6.09 Å². The van der Waals surface area contributed by atoms with E-state index in [4.69, 9.17) is 9.47 Å². The van der Waals surface area contributed by atoms with E-state index in [2.05, 4.69) is 20.8 Å². The van der Waals surface area contributed by atoms with Gasteiger partial charge in [-0.15, -0.1) is 10.2 Å². The predicted octanol–water partition coefficient (Wildman–Crippen LogP) is 0.197. The van der Waals surface area contributed by atoms with Gasteiger partial charge in [0, 0.05) is 33.0 Å². The van der Waals surface area contributed by atoms with Crippen LogP contribution in [-0.2, 0) is 20.9 Å². The van der Waals surface area contributed by atoms with Crippen molar-refractivity contribution in [1.29, 1.82) is 0 Å². The van der Waals surface area contributed by atoms with E-state index in [-0.39, 0.29) is 18.5 Å². The highest BCUT2D eigenvalue weighted by molar-refractivity contribution is 7.15. The molecule has 2 aliphatic heterocycles. The summed E-state index contributed by atoms with van der Waals surface area (Å²) < 4.78 is 10.3. The van der Waals surface area contributed by atoms with Crippen molar-refractivity contribution in [3.63, 3.8) is 0 Å². The van der Waals surface area contributed by atoms with Gasteiger partial charge in [-0.2, -0.15) is 0 Å². The molecule has 126 valence electrons. The molecule has 0 bridgehead atoms. The number of amides is 2. The maximum Gasteiger partial charge on any atom is 0.407 e. The number of rotatable bonds is 5. The fourth-order valence-corrected chi connectivity index (χ4v) is 3.48. The largest absolute Gasteiger partial charge is 0.441 e. The minimum absolute atomic E-state index is 0.123. The highest BCUT2D eigenvalue weighted by Crippen LogP contribution is 2.29. The Hall–Kier alpha value is -1.78. The van der Waals surface area contributed by atoms with Crippen molar-refractivity contribution in [2.75, 3.05) is 38.6 Å². The van der Waals surface area contributed by atoms with E-state index in [1.165, 1.54) is 11.3 Å². The molecule has 0 unspecified atom stereocenters. The molecule has 1 aromatic rings. The number of hydrogen-bond donors (Lipinski definition) is 2. The summed E-state index contributed by atoms with van der Waals surface area (Å²) in [6.07, 6.45) is 1.12. The molecule has 2 amide bonds. The number of hydrogen-bond acceptors (Lipinski definition) is 8. The highest BCUT2D eigenvalue weighted by Gasteiger charge is 2.42. The lowest BCUT2D eigenvalue weighted by Gasteiger charge is -2.36. The molecular weight excluding hydrogens is 322 g/mol. The maximum atomic E-state index is 12.1. The number of nitrogens with zero attached hydrogens (tertiary/aromatic N) is 3. The predicted molar refractivity (Wildman–Crippen MR) is 82.1 cm³/mol. The first-order chi connectivity index (χ1) is 11.1. The highest BCUT2D eigenvalue weighted by atomic mass is 32.1. The van der Waals surface area contributed by atoms with Crippen LogP contribution in [0.25, 0.3) is 0 Å². The first-order valence-electron chi connectivity index (χ1n) is 7.39. The lowest BCUT2D eigenvalue weighted by molar-refractivity contribution is -0.118. The number of ether oxygens (including phenoxy) is 2. The molecule has 2 aliphatic rings. The fraction of sp³-hybridized carbons (Fsp3) is 0.692. The molecule has 2 N–H and O–H groups in total. The monoisotopic (exact) mass is 341 g/mol. The molecule has 1 aromatic heterocycles. The summed E-state index contributed by atoms with van der Waals surface area (Å²) in [6.45, 7) is 2.66. The second-order valence-electron chi connectivity index (χ2n) is 5.68. The van der Waals surface area contributed by atoms with Gasteiger partial charge in [-0.05, 0) is 0 Å². The maximum absolute atomic E-state index is 12.1. The third kappa shape index (κ3) is 3.95. The molecular formula is C13H19N5O4S. The number of alkyl carbamates (subject to hydrolysis) is 1. The molecule has 10 heteroatoms. The third-order valence-electron chi connectivity index (χ3n) is 3.98. The minimum atomic E-state index is -0.391. The Labute approximate surface area is 137 Å². The first-order valence-corrected chi connectivity index (χ1v) is 8.21. The molecule has 0 saturated carbocycles. The molecule has 0 aromatic carbocycles. The van der Waals surface area contributed by atoms with Crippen LogP contribution < -0.4 is 10.6 Å². The Morgan fingerprint density at radius 1 is 1.48 bits per heavy atom. The second-order valence-corrected chi connectivity index (χ2v) is 6.75. The van der Waals surface area contributed by atoms with Crippen molar-refractivity contribution in [2.24, 2.45) is 0 Å². The zero-order chi connectivity index (χ0) is 16.3. The summed E-state index contributed by atoms with van der Waals surface area (Å²) in [6, 6.07) is 0. The Balaban J connectivity index is 1.44. The van der Waals surface area contributed by atoms with Gasteiger partial charge in [-0.1, -0.05) is 11.3 Å². The lowest BCUT2D eigenvalue weighted by atomic mass is 9.92. The smallest absolute Gasteiger partial charge is 0.407 e. The van der Waals surface area contributed by atoms with Gasteiger partial charge in [0.1, 0.15) is 17.2 Å². The van der Waals surface area contributed by atoms with Crippen molar-refractivity contribution >= 4 is 28.5 Å². The average molecular weight is 341 g/mol. The van der Waals surface area contributed by atoms with E-state index in [1.807, 2.05) is 4.90 Å². The number of piperidine rings is 1. The number of carbonyl (C=O) groups is 2. The van der Waals surface area contributed by atoms with Crippen LogP contribution in [-0.4, -0.2) is 66.0 Å². The normalized spacial score (nSPS) is 20.3. The molecule has 9 nitrogen and oxygen atoms in total. The van der Waals surface area contributed by atoms with E-state index in [1.54, 1.807) is 7.11 Å². The first kappa shape index (κ1) is 16.1. The summed E-state index contributed by atoms with van der Waals surface area (Å²) in [5, 5.41) is 14.5. The summed E-state index contributed by atoms with van der Waals surface area (Å²) in [5.74, 6) is -0.123. The zero-order valence-electron chi connectivity index (χ0n) is 12.8. The molecule has 1 spiro atoms. The molecule has 3 rings (SSSR count). The van der Waals surface area contributed by atoms with E-state index >= 15 is 0 Å².